The molecule has 1 atom stereocenters. The van der Waals surface area contributed by atoms with Crippen molar-refractivity contribution in [1.82, 2.24) is 10.2 Å². The lowest BCUT2D eigenvalue weighted by Crippen LogP contribution is -2.56. The fourth-order valence-corrected chi connectivity index (χ4v) is 2.47. The van der Waals surface area contributed by atoms with Crippen molar-refractivity contribution in [2.45, 2.75) is 12.6 Å². The average molecular weight is 316 g/mol. The van der Waals surface area contributed by atoms with Crippen LogP contribution in [0.1, 0.15) is 5.56 Å². The van der Waals surface area contributed by atoms with Gasteiger partial charge in [0.1, 0.15) is 11.9 Å². The van der Waals surface area contributed by atoms with E-state index in [0.29, 0.717) is 13.1 Å². The Hall–Kier alpha value is -0.980. The van der Waals surface area contributed by atoms with E-state index in [4.69, 9.17) is 5.73 Å². The van der Waals surface area contributed by atoms with Gasteiger partial charge in [0, 0.05) is 30.7 Å². The van der Waals surface area contributed by atoms with Gasteiger partial charge >= 0.3 is 0 Å². The highest BCUT2D eigenvalue weighted by Crippen LogP contribution is 2.21. The van der Waals surface area contributed by atoms with Gasteiger partial charge in [-0.25, -0.2) is 4.39 Å². The van der Waals surface area contributed by atoms with Crippen molar-refractivity contribution < 1.29 is 9.18 Å². The highest BCUT2D eigenvalue weighted by atomic mass is 79.9. The quantitative estimate of drug-likeness (QED) is 0.869. The van der Waals surface area contributed by atoms with Gasteiger partial charge in [-0.2, -0.15) is 0 Å². The summed E-state index contributed by atoms with van der Waals surface area (Å²) in [6.07, 6.45) is 0. The van der Waals surface area contributed by atoms with Crippen LogP contribution in [0.3, 0.4) is 0 Å². The zero-order valence-electron chi connectivity index (χ0n) is 9.83. The SMILES string of the molecule is NC(=O)C1CNCCN1Cc1cc(F)ccc1Br. The van der Waals surface area contributed by atoms with Crippen molar-refractivity contribution in [3.8, 4) is 0 Å². The van der Waals surface area contributed by atoms with Crippen LogP contribution in [0.5, 0.6) is 0 Å². The van der Waals surface area contributed by atoms with Gasteiger partial charge in [0.2, 0.25) is 5.91 Å². The fraction of sp³-hybridized carbons (Fsp3) is 0.417. The number of hydrogen-bond acceptors (Lipinski definition) is 3. The second-order valence-electron chi connectivity index (χ2n) is 4.33. The average Bonchev–Trinajstić information content (AvgIpc) is 2.34. The number of nitrogens with zero attached hydrogens (tertiary/aromatic N) is 1. The number of nitrogens with one attached hydrogen (secondary N) is 1. The molecular weight excluding hydrogens is 301 g/mol. The van der Waals surface area contributed by atoms with E-state index in [9.17, 15) is 9.18 Å². The normalized spacial score (nSPS) is 20.9. The lowest BCUT2D eigenvalue weighted by Gasteiger charge is -2.34. The third-order valence-corrected chi connectivity index (χ3v) is 3.84. The molecule has 0 spiro atoms. The van der Waals surface area contributed by atoms with Crippen LogP contribution < -0.4 is 11.1 Å². The fourth-order valence-electron chi connectivity index (χ4n) is 2.10. The number of carbonyl (C=O) groups excluding carboxylic acids is 1. The first-order chi connectivity index (χ1) is 8.58. The molecule has 1 unspecified atom stereocenters. The molecule has 0 aromatic heterocycles. The number of hydrogen-bond donors (Lipinski definition) is 2. The number of amides is 1. The molecule has 1 fully saturated rings. The van der Waals surface area contributed by atoms with E-state index < -0.39 is 0 Å². The summed E-state index contributed by atoms with van der Waals surface area (Å²) in [5.74, 6) is -0.631. The number of benzene rings is 1. The van der Waals surface area contributed by atoms with Gasteiger partial charge in [-0.05, 0) is 23.8 Å². The van der Waals surface area contributed by atoms with E-state index in [2.05, 4.69) is 21.2 Å². The lowest BCUT2D eigenvalue weighted by atomic mass is 10.1. The Bertz CT molecular complexity index is 455. The Morgan fingerprint density at radius 1 is 1.61 bits per heavy atom. The van der Waals surface area contributed by atoms with Crippen LogP contribution >= 0.6 is 15.9 Å². The maximum atomic E-state index is 13.2. The number of primary amides is 1. The molecule has 1 aliphatic heterocycles. The summed E-state index contributed by atoms with van der Waals surface area (Å²) in [5.41, 5.74) is 6.20. The van der Waals surface area contributed by atoms with Crippen LogP contribution in [0.25, 0.3) is 0 Å². The smallest absolute Gasteiger partial charge is 0.236 e. The van der Waals surface area contributed by atoms with Crippen LogP contribution in [0.2, 0.25) is 0 Å². The lowest BCUT2D eigenvalue weighted by molar-refractivity contribution is -0.124. The molecule has 0 bridgehead atoms. The zero-order chi connectivity index (χ0) is 13.1. The Kier molecular flexibility index (Phi) is 4.31. The molecule has 4 nitrogen and oxygen atoms in total. The molecular formula is C12H15BrFN3O. The topological polar surface area (TPSA) is 58.4 Å². The van der Waals surface area contributed by atoms with Gasteiger partial charge < -0.3 is 11.1 Å². The highest BCUT2D eigenvalue weighted by molar-refractivity contribution is 9.10. The summed E-state index contributed by atoms with van der Waals surface area (Å²) < 4.78 is 14.1. The number of halogens is 2. The molecule has 0 aliphatic carbocycles. The summed E-state index contributed by atoms with van der Waals surface area (Å²) in [4.78, 5) is 13.3. The Balaban J connectivity index is 2.15. The number of nitrogens with two attached hydrogens (primary N) is 1. The molecule has 1 saturated heterocycles. The summed E-state index contributed by atoms with van der Waals surface area (Å²) in [6, 6.07) is 4.21. The molecule has 1 aromatic rings. The zero-order valence-corrected chi connectivity index (χ0v) is 11.4. The number of rotatable bonds is 3. The Morgan fingerprint density at radius 3 is 3.11 bits per heavy atom. The largest absolute Gasteiger partial charge is 0.368 e. The monoisotopic (exact) mass is 315 g/mol. The van der Waals surface area contributed by atoms with Gasteiger partial charge in [0.25, 0.3) is 0 Å². The van der Waals surface area contributed by atoms with E-state index in [0.717, 1.165) is 23.1 Å². The van der Waals surface area contributed by atoms with Crippen LogP contribution in [0.4, 0.5) is 4.39 Å². The minimum absolute atomic E-state index is 0.279. The molecule has 2 rings (SSSR count). The van der Waals surface area contributed by atoms with Gasteiger partial charge in [-0.1, -0.05) is 15.9 Å². The summed E-state index contributed by atoms with van der Waals surface area (Å²) >= 11 is 3.39. The molecule has 98 valence electrons. The van der Waals surface area contributed by atoms with Crippen molar-refractivity contribution in [1.29, 1.82) is 0 Å². The minimum Gasteiger partial charge on any atom is -0.368 e. The first-order valence-electron chi connectivity index (χ1n) is 5.76. The molecule has 3 N–H and O–H groups in total. The standard InChI is InChI=1S/C12H15BrFN3O/c13-10-2-1-9(14)5-8(10)7-17-4-3-16-6-11(17)12(15)18/h1-2,5,11,16H,3-4,6-7H2,(H2,15,18). The van der Waals surface area contributed by atoms with Gasteiger partial charge in [-0.15, -0.1) is 0 Å². The first kappa shape index (κ1) is 13.5. The second-order valence-corrected chi connectivity index (χ2v) is 5.18. The van der Waals surface area contributed by atoms with Crippen LogP contribution in [0.15, 0.2) is 22.7 Å². The van der Waals surface area contributed by atoms with E-state index in [1.165, 1.54) is 12.1 Å². The van der Waals surface area contributed by atoms with E-state index in [-0.39, 0.29) is 17.8 Å². The minimum atomic E-state index is -0.352. The Labute approximate surface area is 113 Å². The molecule has 0 radical (unpaired) electrons. The molecule has 1 aliphatic rings. The van der Waals surface area contributed by atoms with Gasteiger partial charge in [-0.3, -0.25) is 9.69 Å². The maximum Gasteiger partial charge on any atom is 0.236 e. The van der Waals surface area contributed by atoms with E-state index in [1.54, 1.807) is 6.07 Å². The van der Waals surface area contributed by atoms with Crippen molar-refractivity contribution in [2.75, 3.05) is 19.6 Å². The van der Waals surface area contributed by atoms with Crippen molar-refractivity contribution in [2.24, 2.45) is 5.73 Å². The van der Waals surface area contributed by atoms with Crippen LogP contribution in [-0.4, -0.2) is 36.5 Å². The second kappa shape index (κ2) is 5.77. The third kappa shape index (κ3) is 3.07. The molecule has 0 saturated carbocycles. The Morgan fingerprint density at radius 2 is 2.39 bits per heavy atom. The number of piperazine rings is 1. The summed E-state index contributed by atoms with van der Waals surface area (Å²) in [6.45, 7) is 2.57. The third-order valence-electron chi connectivity index (χ3n) is 3.06. The predicted octanol–water partition coefficient (Wildman–Crippen LogP) is 0.847. The number of carbonyl (C=O) groups is 1. The van der Waals surface area contributed by atoms with E-state index >= 15 is 0 Å². The van der Waals surface area contributed by atoms with Crippen LogP contribution in [0, 0.1) is 5.82 Å². The molecule has 6 heteroatoms. The summed E-state index contributed by atoms with van der Waals surface area (Å²) in [7, 11) is 0. The molecule has 1 aromatic carbocycles. The van der Waals surface area contributed by atoms with E-state index in [1.807, 2.05) is 4.90 Å². The maximum absolute atomic E-state index is 13.2. The first-order valence-corrected chi connectivity index (χ1v) is 6.55. The molecule has 1 heterocycles. The highest BCUT2D eigenvalue weighted by Gasteiger charge is 2.27. The summed E-state index contributed by atoms with van der Waals surface area (Å²) in [5, 5.41) is 3.13. The molecule has 18 heavy (non-hydrogen) atoms. The van der Waals surface area contributed by atoms with Crippen molar-refractivity contribution in [3.63, 3.8) is 0 Å². The van der Waals surface area contributed by atoms with Crippen molar-refractivity contribution >= 4 is 21.8 Å². The predicted molar refractivity (Wildman–Crippen MR) is 70.4 cm³/mol. The van der Waals surface area contributed by atoms with Gasteiger partial charge in [0.15, 0.2) is 0 Å². The van der Waals surface area contributed by atoms with Crippen LogP contribution in [-0.2, 0) is 11.3 Å². The molecule has 1 amide bonds. The van der Waals surface area contributed by atoms with Crippen molar-refractivity contribution in [3.05, 3.63) is 34.1 Å². The van der Waals surface area contributed by atoms with Gasteiger partial charge in [0.05, 0.1) is 0 Å².